The Kier molecular flexibility index (Phi) is 13.2. The monoisotopic (exact) mass is 688 g/mol. The Morgan fingerprint density at radius 3 is 2.23 bits per heavy atom. The van der Waals surface area contributed by atoms with Crippen LogP contribution in [0.25, 0.3) is 11.1 Å². The van der Waals surface area contributed by atoms with Crippen molar-refractivity contribution in [2.75, 3.05) is 25.4 Å². The van der Waals surface area contributed by atoms with Gasteiger partial charge in [0.25, 0.3) is 5.91 Å². The summed E-state index contributed by atoms with van der Waals surface area (Å²) in [5.74, 6) is -0.575. The molecular formula is C35H45ClN2O8S. The van der Waals surface area contributed by atoms with Crippen molar-refractivity contribution in [1.29, 1.82) is 0 Å². The maximum absolute atomic E-state index is 12.5. The number of nitrogens with zero attached hydrogens (tertiary/aromatic N) is 1. The minimum atomic E-state index is -3.86. The molecule has 12 heteroatoms. The van der Waals surface area contributed by atoms with E-state index in [1.807, 2.05) is 36.8 Å². The number of aliphatic hydroxyl groups is 2. The van der Waals surface area contributed by atoms with Gasteiger partial charge in [0.2, 0.25) is 10.0 Å². The first-order valence-electron chi connectivity index (χ1n) is 15.5. The summed E-state index contributed by atoms with van der Waals surface area (Å²) in [4.78, 5) is 26.0. The van der Waals surface area contributed by atoms with Gasteiger partial charge in [-0.25, -0.2) is 17.9 Å². The van der Waals surface area contributed by atoms with Crippen molar-refractivity contribution < 1.29 is 38.1 Å². The number of amides is 2. The molecule has 47 heavy (non-hydrogen) atoms. The van der Waals surface area contributed by atoms with Crippen molar-refractivity contribution in [2.24, 2.45) is 5.41 Å². The molecular weight excluding hydrogens is 644 g/mol. The van der Waals surface area contributed by atoms with Crippen LogP contribution in [0.15, 0.2) is 66.7 Å². The molecule has 3 aromatic carbocycles. The molecule has 2 amide bonds. The van der Waals surface area contributed by atoms with Crippen molar-refractivity contribution in [2.45, 2.75) is 65.6 Å². The number of carbonyl (C=O) groups excluding carboxylic acids is 1. The molecule has 0 heterocycles. The topological polar surface area (TPSA) is 153 Å². The number of benzene rings is 3. The Balaban J connectivity index is 1.86. The van der Waals surface area contributed by atoms with Crippen molar-refractivity contribution in [1.82, 2.24) is 9.62 Å². The Morgan fingerprint density at radius 1 is 1.00 bits per heavy atom. The second-order valence-electron chi connectivity index (χ2n) is 12.8. The molecule has 0 spiro atoms. The second-order valence-corrected chi connectivity index (χ2v) is 15.1. The third-order valence-corrected chi connectivity index (χ3v) is 9.24. The fraction of sp³-hybridized carbons (Fsp3) is 0.429. The van der Waals surface area contributed by atoms with Gasteiger partial charge >= 0.3 is 6.09 Å². The van der Waals surface area contributed by atoms with Gasteiger partial charge in [0.05, 0.1) is 24.5 Å². The van der Waals surface area contributed by atoms with Crippen LogP contribution in [0.5, 0.6) is 5.75 Å². The van der Waals surface area contributed by atoms with E-state index in [1.54, 1.807) is 48.5 Å². The van der Waals surface area contributed by atoms with Gasteiger partial charge in [0, 0.05) is 23.7 Å². The lowest BCUT2D eigenvalue weighted by Gasteiger charge is -2.34. The van der Waals surface area contributed by atoms with Crippen LogP contribution in [0.4, 0.5) is 4.79 Å². The molecule has 0 aliphatic carbocycles. The Hall–Kier alpha value is -3.64. The van der Waals surface area contributed by atoms with E-state index in [0.29, 0.717) is 22.8 Å². The van der Waals surface area contributed by atoms with E-state index in [4.69, 9.17) is 21.4 Å². The van der Waals surface area contributed by atoms with Crippen LogP contribution in [0.1, 0.15) is 81.0 Å². The normalized spacial score (nSPS) is 13.2. The number of carboxylic acid groups (broad SMARTS) is 1. The Morgan fingerprint density at radius 2 is 1.66 bits per heavy atom. The highest BCUT2D eigenvalue weighted by Crippen LogP contribution is 2.43. The molecule has 0 fully saturated rings. The maximum atomic E-state index is 12.5. The highest BCUT2D eigenvalue weighted by atomic mass is 35.5. The molecule has 0 radical (unpaired) electrons. The molecule has 4 N–H and O–H groups in total. The molecule has 0 bridgehead atoms. The highest BCUT2D eigenvalue weighted by molar-refractivity contribution is 7.90. The number of aliphatic hydroxyl groups excluding tert-OH is 2. The van der Waals surface area contributed by atoms with Gasteiger partial charge < -0.3 is 25.0 Å². The predicted molar refractivity (Wildman–Crippen MR) is 183 cm³/mol. The Labute approximate surface area is 282 Å². The van der Waals surface area contributed by atoms with Gasteiger partial charge in [-0.05, 0) is 90.6 Å². The van der Waals surface area contributed by atoms with Gasteiger partial charge in [-0.2, -0.15) is 0 Å². The summed E-state index contributed by atoms with van der Waals surface area (Å²) in [6.07, 6.45) is -1.82. The van der Waals surface area contributed by atoms with Crippen LogP contribution in [0.2, 0.25) is 5.02 Å². The van der Waals surface area contributed by atoms with Crippen molar-refractivity contribution in [3.63, 3.8) is 0 Å². The molecule has 3 aromatic rings. The molecule has 0 saturated carbocycles. The van der Waals surface area contributed by atoms with Crippen LogP contribution >= 0.6 is 11.6 Å². The van der Waals surface area contributed by atoms with Crippen molar-refractivity contribution >= 4 is 33.6 Å². The van der Waals surface area contributed by atoms with E-state index in [-0.39, 0.29) is 54.9 Å². The number of nitrogens with one attached hydrogen (secondary N) is 1. The molecule has 256 valence electrons. The molecule has 2 atom stereocenters. The number of ether oxygens (including phenoxy) is 1. The average molecular weight is 689 g/mol. The zero-order valence-electron chi connectivity index (χ0n) is 27.4. The van der Waals surface area contributed by atoms with Gasteiger partial charge in [-0.1, -0.05) is 68.8 Å². The Bertz CT molecular complexity index is 1620. The molecule has 0 aliphatic heterocycles. The average Bonchev–Trinajstić information content (AvgIpc) is 2.99. The molecule has 3 rings (SSSR count). The van der Waals surface area contributed by atoms with Crippen molar-refractivity contribution in [3.8, 4) is 16.9 Å². The number of hydrogen-bond acceptors (Lipinski definition) is 7. The summed E-state index contributed by atoms with van der Waals surface area (Å²) < 4.78 is 32.5. The number of rotatable bonds is 15. The molecule has 1 unspecified atom stereocenters. The van der Waals surface area contributed by atoms with Crippen LogP contribution in [-0.2, 0) is 10.0 Å². The third-order valence-electron chi connectivity index (χ3n) is 7.68. The number of halogens is 1. The fourth-order valence-electron chi connectivity index (χ4n) is 5.31. The maximum Gasteiger partial charge on any atom is 0.407 e. The zero-order valence-corrected chi connectivity index (χ0v) is 29.0. The number of sulfonamides is 1. The van der Waals surface area contributed by atoms with E-state index in [0.717, 1.165) is 16.7 Å². The van der Waals surface area contributed by atoms with Gasteiger partial charge in [-0.15, -0.1) is 0 Å². The van der Waals surface area contributed by atoms with Gasteiger partial charge in [-0.3, -0.25) is 4.79 Å². The minimum absolute atomic E-state index is 0.0271. The van der Waals surface area contributed by atoms with Gasteiger partial charge in [0.1, 0.15) is 5.75 Å². The fourth-order valence-corrected chi connectivity index (χ4v) is 6.52. The number of hydrogen-bond donors (Lipinski definition) is 4. The lowest BCUT2D eigenvalue weighted by atomic mass is 9.74. The predicted octanol–water partition coefficient (Wildman–Crippen LogP) is 6.47. The molecule has 0 aliphatic rings. The van der Waals surface area contributed by atoms with Crippen LogP contribution in [0.3, 0.4) is 0 Å². The van der Waals surface area contributed by atoms with E-state index in [2.05, 4.69) is 20.8 Å². The van der Waals surface area contributed by atoms with Crippen LogP contribution in [0, 0.1) is 5.41 Å². The zero-order chi connectivity index (χ0) is 34.9. The number of carbonyl (C=O) groups is 2. The van der Waals surface area contributed by atoms with E-state index in [9.17, 15) is 28.2 Å². The standard InChI is InChI=1S/C35H45ClN2O8S/c1-23(2)46-32-21-26(24-10-12-25(13-11-24)33(41)37-47(44,45)19-7-18-39)14-15-29(32)30(35(3,4)5)16-17-38(34(42)43)22-31(40)27-8-6-9-28(36)20-27/h6,8-15,20-21,23,30-31,39-40H,7,16-19,22H2,1-5H3,(H,37,41)(H,42,43)/t30?,31-/m0/s1. The quantitative estimate of drug-likeness (QED) is 0.142. The summed E-state index contributed by atoms with van der Waals surface area (Å²) in [5.41, 5.74) is 2.95. The first kappa shape index (κ1) is 37.8. The third kappa shape index (κ3) is 11.2. The first-order valence-corrected chi connectivity index (χ1v) is 17.5. The summed E-state index contributed by atoms with van der Waals surface area (Å²) in [5, 5.41) is 30.1. The van der Waals surface area contributed by atoms with Crippen molar-refractivity contribution in [3.05, 3.63) is 88.4 Å². The van der Waals surface area contributed by atoms with E-state index >= 15 is 0 Å². The molecule has 0 saturated heterocycles. The minimum Gasteiger partial charge on any atom is -0.491 e. The summed E-state index contributed by atoms with van der Waals surface area (Å²) in [6.45, 7) is 9.89. The summed E-state index contributed by atoms with van der Waals surface area (Å²) in [7, 11) is -3.86. The van der Waals surface area contributed by atoms with Crippen LogP contribution in [-0.4, -0.2) is 72.2 Å². The largest absolute Gasteiger partial charge is 0.491 e. The summed E-state index contributed by atoms with van der Waals surface area (Å²) >= 11 is 6.07. The second kappa shape index (κ2) is 16.5. The lowest BCUT2D eigenvalue weighted by molar-refractivity contribution is 0.0926. The van der Waals surface area contributed by atoms with Crippen LogP contribution < -0.4 is 9.46 Å². The van der Waals surface area contributed by atoms with E-state index < -0.39 is 28.1 Å². The van der Waals surface area contributed by atoms with Gasteiger partial charge in [0.15, 0.2) is 0 Å². The first-order chi connectivity index (χ1) is 22.0. The molecule has 0 aromatic heterocycles. The SMILES string of the molecule is CC(C)Oc1cc(-c2ccc(C(=O)NS(=O)(=O)CCCO)cc2)ccc1C(CCN(C[C@H](O)c1cccc(Cl)c1)C(=O)O)C(C)(C)C. The molecule has 10 nitrogen and oxygen atoms in total. The smallest absolute Gasteiger partial charge is 0.407 e. The highest BCUT2D eigenvalue weighted by Gasteiger charge is 2.31. The summed E-state index contributed by atoms with van der Waals surface area (Å²) in [6, 6.07) is 19.1. The lowest BCUT2D eigenvalue weighted by Crippen LogP contribution is -2.36. The van der Waals surface area contributed by atoms with E-state index in [1.165, 1.54) is 4.90 Å².